The maximum absolute atomic E-state index is 11.6. The highest BCUT2D eigenvalue weighted by atomic mass is 35.5. The number of hydrogen-bond acceptors (Lipinski definition) is 5. The van der Waals surface area contributed by atoms with Crippen molar-refractivity contribution < 1.29 is 14.5 Å². The third kappa shape index (κ3) is 5.89. The van der Waals surface area contributed by atoms with Crippen LogP contribution in [0.4, 0.5) is 10.5 Å². The van der Waals surface area contributed by atoms with Crippen molar-refractivity contribution in [2.24, 2.45) is 0 Å². The van der Waals surface area contributed by atoms with Gasteiger partial charge < -0.3 is 10.1 Å². The Bertz CT molecular complexity index is 766. The molecule has 0 aliphatic carbocycles. The van der Waals surface area contributed by atoms with Crippen LogP contribution in [0.3, 0.4) is 0 Å². The number of ether oxygens (including phenoxy) is 1. The number of nitrogens with zero attached hydrogens (tertiary/aromatic N) is 2. The number of carbonyl (C=O) groups excluding carboxylic acids is 1. The number of nitrogens with one attached hydrogen (secondary N) is 1. The number of benzene rings is 1. The van der Waals surface area contributed by atoms with E-state index in [4.69, 9.17) is 16.3 Å². The Kier molecular flexibility index (Phi) is 6.91. The quantitative estimate of drug-likeness (QED) is 0.457. The Morgan fingerprint density at radius 2 is 2.08 bits per heavy atom. The van der Waals surface area contributed by atoms with E-state index in [2.05, 4.69) is 10.3 Å². The molecule has 0 aliphatic rings. The summed E-state index contributed by atoms with van der Waals surface area (Å²) in [6.07, 6.45) is 5.91. The van der Waals surface area contributed by atoms with Crippen LogP contribution in [0.2, 0.25) is 5.02 Å². The number of nitro groups is 1. The summed E-state index contributed by atoms with van der Waals surface area (Å²) in [5.74, 6) is 0. The summed E-state index contributed by atoms with van der Waals surface area (Å²) in [5, 5.41) is 13.4. The number of alkyl carbamates (subject to hydrolysis) is 1. The molecule has 0 aliphatic heterocycles. The van der Waals surface area contributed by atoms with Crippen molar-refractivity contribution in [1.29, 1.82) is 0 Å². The van der Waals surface area contributed by atoms with Crippen molar-refractivity contribution in [3.63, 3.8) is 0 Å². The van der Waals surface area contributed by atoms with Crippen molar-refractivity contribution in [3.05, 3.63) is 75.1 Å². The summed E-state index contributed by atoms with van der Waals surface area (Å²) in [5.41, 5.74) is 1.11. The maximum atomic E-state index is 11.6. The monoisotopic (exact) mass is 361 g/mol. The van der Waals surface area contributed by atoms with Crippen LogP contribution in [-0.2, 0) is 11.3 Å². The first-order valence-electron chi connectivity index (χ1n) is 7.47. The minimum Gasteiger partial charge on any atom is -0.445 e. The number of carbonyl (C=O) groups is 1. The van der Waals surface area contributed by atoms with Crippen molar-refractivity contribution in [1.82, 2.24) is 10.3 Å². The molecule has 0 saturated heterocycles. The zero-order chi connectivity index (χ0) is 18.1. The molecule has 1 aromatic carbocycles. The van der Waals surface area contributed by atoms with Crippen LogP contribution in [0.15, 0.2) is 48.8 Å². The fourth-order valence-electron chi connectivity index (χ4n) is 1.93. The van der Waals surface area contributed by atoms with Gasteiger partial charge in [0.05, 0.1) is 4.92 Å². The molecule has 1 heterocycles. The summed E-state index contributed by atoms with van der Waals surface area (Å²) in [6, 6.07) is 9.36. The highest BCUT2D eigenvalue weighted by molar-refractivity contribution is 6.34. The molecule has 8 heteroatoms. The van der Waals surface area contributed by atoms with Crippen LogP contribution in [0.5, 0.6) is 0 Å². The smallest absolute Gasteiger partial charge is 0.407 e. The molecule has 130 valence electrons. The largest absolute Gasteiger partial charge is 0.445 e. The highest BCUT2D eigenvalue weighted by Crippen LogP contribution is 2.27. The van der Waals surface area contributed by atoms with Crippen LogP contribution in [0.1, 0.15) is 17.5 Å². The standard InChI is InChI=1S/C17H16ClN3O4/c18-16-14(10-19-11-15(16)21(23)24)8-4-5-9-20-17(22)25-12-13-6-2-1-3-7-13/h1-4,6-8,10-11H,5,9,12H2,(H,20,22). The predicted octanol–water partition coefficient (Wildman–Crippen LogP) is 3.97. The molecule has 1 amide bonds. The van der Waals surface area contributed by atoms with Crippen LogP contribution in [0.25, 0.3) is 6.08 Å². The van der Waals surface area contributed by atoms with Gasteiger partial charge in [-0.15, -0.1) is 0 Å². The average molecular weight is 362 g/mol. The molecule has 0 radical (unpaired) electrons. The molecule has 7 nitrogen and oxygen atoms in total. The topological polar surface area (TPSA) is 94.4 Å². The first-order valence-corrected chi connectivity index (χ1v) is 7.84. The third-order valence-electron chi connectivity index (χ3n) is 3.18. The summed E-state index contributed by atoms with van der Waals surface area (Å²) in [7, 11) is 0. The minimum atomic E-state index is -0.586. The van der Waals surface area contributed by atoms with E-state index in [-0.39, 0.29) is 17.3 Å². The Balaban J connectivity index is 1.74. The lowest BCUT2D eigenvalue weighted by Crippen LogP contribution is -2.24. The van der Waals surface area contributed by atoms with Gasteiger partial charge in [-0.05, 0) is 12.0 Å². The van der Waals surface area contributed by atoms with Gasteiger partial charge in [0.25, 0.3) is 0 Å². The van der Waals surface area contributed by atoms with Crippen LogP contribution in [-0.4, -0.2) is 22.5 Å². The van der Waals surface area contributed by atoms with Crippen molar-refractivity contribution in [2.45, 2.75) is 13.0 Å². The Hall–Kier alpha value is -2.93. The summed E-state index contributed by atoms with van der Waals surface area (Å²) >= 11 is 5.94. The van der Waals surface area contributed by atoms with Crippen LogP contribution >= 0.6 is 11.6 Å². The second kappa shape index (κ2) is 9.39. The number of hydrogen-bond donors (Lipinski definition) is 1. The lowest BCUT2D eigenvalue weighted by Gasteiger charge is -2.05. The maximum Gasteiger partial charge on any atom is 0.407 e. The molecule has 2 rings (SSSR count). The van der Waals surface area contributed by atoms with Gasteiger partial charge in [0.2, 0.25) is 0 Å². The van der Waals surface area contributed by atoms with Crippen molar-refractivity contribution in [2.75, 3.05) is 6.54 Å². The van der Waals surface area contributed by atoms with Gasteiger partial charge in [0, 0.05) is 18.3 Å². The van der Waals surface area contributed by atoms with E-state index in [1.54, 1.807) is 12.2 Å². The Morgan fingerprint density at radius 3 is 2.80 bits per heavy atom. The van der Waals surface area contributed by atoms with E-state index >= 15 is 0 Å². The zero-order valence-corrected chi connectivity index (χ0v) is 14.0. The molecule has 0 saturated carbocycles. The normalized spacial score (nSPS) is 10.6. The fraction of sp³-hybridized carbons (Fsp3) is 0.176. The molecule has 0 fully saturated rings. The second-order valence-electron chi connectivity index (χ2n) is 5.00. The molecule has 25 heavy (non-hydrogen) atoms. The molecular weight excluding hydrogens is 346 g/mol. The lowest BCUT2D eigenvalue weighted by atomic mass is 10.2. The van der Waals surface area contributed by atoms with Gasteiger partial charge in [-0.25, -0.2) is 4.79 Å². The zero-order valence-electron chi connectivity index (χ0n) is 13.2. The van der Waals surface area contributed by atoms with E-state index in [9.17, 15) is 14.9 Å². The highest BCUT2D eigenvalue weighted by Gasteiger charge is 2.14. The molecule has 0 spiro atoms. The third-order valence-corrected chi connectivity index (χ3v) is 3.59. The number of halogens is 1. The van der Waals surface area contributed by atoms with Crippen molar-refractivity contribution >= 4 is 29.5 Å². The molecule has 0 bridgehead atoms. The van der Waals surface area contributed by atoms with E-state index in [0.29, 0.717) is 18.5 Å². The van der Waals surface area contributed by atoms with Crippen LogP contribution < -0.4 is 5.32 Å². The molecule has 1 aromatic heterocycles. The SMILES string of the molecule is O=C(NCCC=Cc1cncc([N+](=O)[O-])c1Cl)OCc1ccccc1. The van der Waals surface area contributed by atoms with Gasteiger partial charge in [-0.1, -0.05) is 54.1 Å². The minimum absolute atomic E-state index is 0.0338. The van der Waals surface area contributed by atoms with Gasteiger partial charge in [-0.2, -0.15) is 0 Å². The average Bonchev–Trinajstić information content (AvgIpc) is 2.61. The molecular formula is C17H16ClN3O4. The van der Waals surface area contributed by atoms with Gasteiger partial charge in [0.1, 0.15) is 17.8 Å². The number of aromatic nitrogens is 1. The van der Waals surface area contributed by atoms with Gasteiger partial charge in [0.15, 0.2) is 0 Å². The number of rotatable bonds is 7. The van der Waals surface area contributed by atoms with Crippen molar-refractivity contribution in [3.8, 4) is 0 Å². The first kappa shape index (κ1) is 18.4. The Labute approximate surface area is 149 Å². The van der Waals surface area contributed by atoms with E-state index in [1.165, 1.54) is 6.20 Å². The van der Waals surface area contributed by atoms with Gasteiger partial charge in [-0.3, -0.25) is 15.1 Å². The van der Waals surface area contributed by atoms with Crippen LogP contribution in [0, 0.1) is 10.1 Å². The van der Waals surface area contributed by atoms with Gasteiger partial charge >= 0.3 is 11.8 Å². The molecule has 0 unspecified atom stereocenters. The van der Waals surface area contributed by atoms with E-state index < -0.39 is 11.0 Å². The number of pyridine rings is 1. The Morgan fingerprint density at radius 1 is 1.32 bits per heavy atom. The molecule has 1 N–H and O–H groups in total. The van der Waals surface area contributed by atoms with E-state index in [0.717, 1.165) is 11.8 Å². The predicted molar refractivity (Wildman–Crippen MR) is 94.2 cm³/mol. The van der Waals surface area contributed by atoms with E-state index in [1.807, 2.05) is 30.3 Å². The fourth-order valence-corrected chi connectivity index (χ4v) is 2.16. The lowest BCUT2D eigenvalue weighted by molar-refractivity contribution is -0.385. The summed E-state index contributed by atoms with van der Waals surface area (Å²) < 4.78 is 5.07. The second-order valence-corrected chi connectivity index (χ2v) is 5.38. The molecule has 2 aromatic rings. The first-order chi connectivity index (χ1) is 12.1. The molecule has 0 atom stereocenters. The summed E-state index contributed by atoms with van der Waals surface area (Å²) in [6.45, 7) is 0.571. The summed E-state index contributed by atoms with van der Waals surface area (Å²) in [4.78, 5) is 25.5. The number of amides is 1.